The number of hydrogen-bond donors (Lipinski definition) is 1. The van der Waals surface area contributed by atoms with Crippen LogP contribution in [0.3, 0.4) is 0 Å². The lowest BCUT2D eigenvalue weighted by atomic mass is 10.2. The van der Waals surface area contributed by atoms with Gasteiger partial charge in [-0.3, -0.25) is 9.59 Å². The SMILES string of the molecule is O=C(O)CN(C(=O)c1cncnc1)C1CCS(=O)(=O)C1. The largest absolute Gasteiger partial charge is 0.480 e. The van der Waals surface area contributed by atoms with Gasteiger partial charge in [0.1, 0.15) is 12.9 Å². The highest BCUT2D eigenvalue weighted by Crippen LogP contribution is 2.19. The van der Waals surface area contributed by atoms with Crippen LogP contribution in [0.25, 0.3) is 0 Å². The molecule has 8 nitrogen and oxygen atoms in total. The lowest BCUT2D eigenvalue weighted by Crippen LogP contribution is -2.44. The zero-order valence-corrected chi connectivity index (χ0v) is 11.3. The summed E-state index contributed by atoms with van der Waals surface area (Å²) >= 11 is 0. The monoisotopic (exact) mass is 299 g/mol. The van der Waals surface area contributed by atoms with Gasteiger partial charge in [-0.1, -0.05) is 0 Å². The van der Waals surface area contributed by atoms with E-state index in [0.717, 1.165) is 4.90 Å². The fourth-order valence-corrected chi connectivity index (χ4v) is 3.84. The number of rotatable bonds is 4. The van der Waals surface area contributed by atoms with Crippen molar-refractivity contribution in [2.24, 2.45) is 0 Å². The van der Waals surface area contributed by atoms with Gasteiger partial charge in [0.15, 0.2) is 9.84 Å². The van der Waals surface area contributed by atoms with E-state index < -0.39 is 34.3 Å². The van der Waals surface area contributed by atoms with Crippen LogP contribution in [0.1, 0.15) is 16.8 Å². The maximum absolute atomic E-state index is 12.3. The van der Waals surface area contributed by atoms with Gasteiger partial charge in [0.2, 0.25) is 0 Å². The van der Waals surface area contributed by atoms with Crippen molar-refractivity contribution >= 4 is 21.7 Å². The lowest BCUT2D eigenvalue weighted by molar-refractivity contribution is -0.138. The number of carboxylic acid groups (broad SMARTS) is 1. The Morgan fingerprint density at radius 1 is 1.35 bits per heavy atom. The van der Waals surface area contributed by atoms with Gasteiger partial charge in [0, 0.05) is 18.4 Å². The van der Waals surface area contributed by atoms with Crippen molar-refractivity contribution in [3.8, 4) is 0 Å². The summed E-state index contributed by atoms with van der Waals surface area (Å²) in [6, 6.07) is -0.621. The van der Waals surface area contributed by atoms with Crippen LogP contribution in [0.5, 0.6) is 0 Å². The Bertz CT molecular complexity index is 616. The third-order valence-corrected chi connectivity index (χ3v) is 4.77. The predicted molar refractivity (Wildman–Crippen MR) is 67.8 cm³/mol. The van der Waals surface area contributed by atoms with Crippen LogP contribution in [-0.2, 0) is 14.6 Å². The number of amides is 1. The molecule has 20 heavy (non-hydrogen) atoms. The Balaban J connectivity index is 2.24. The fraction of sp³-hybridized carbons (Fsp3) is 0.455. The second kappa shape index (κ2) is 5.53. The molecule has 0 spiro atoms. The van der Waals surface area contributed by atoms with Crippen LogP contribution in [0.15, 0.2) is 18.7 Å². The summed E-state index contributed by atoms with van der Waals surface area (Å²) < 4.78 is 23.0. The van der Waals surface area contributed by atoms with Crippen LogP contribution in [0.2, 0.25) is 0 Å². The van der Waals surface area contributed by atoms with Gasteiger partial charge in [-0.15, -0.1) is 0 Å². The second-order valence-corrected chi connectivity index (χ2v) is 6.74. The van der Waals surface area contributed by atoms with Crippen LogP contribution < -0.4 is 0 Å². The van der Waals surface area contributed by atoms with Crippen molar-refractivity contribution in [2.75, 3.05) is 18.1 Å². The van der Waals surface area contributed by atoms with Crippen LogP contribution >= 0.6 is 0 Å². The van der Waals surface area contributed by atoms with Crippen molar-refractivity contribution in [1.29, 1.82) is 0 Å². The average Bonchev–Trinajstić information content (AvgIpc) is 2.76. The van der Waals surface area contributed by atoms with E-state index in [0.29, 0.717) is 0 Å². The Labute approximate surface area is 115 Å². The van der Waals surface area contributed by atoms with E-state index in [2.05, 4.69) is 9.97 Å². The Kier molecular flexibility index (Phi) is 3.98. The highest BCUT2D eigenvalue weighted by atomic mass is 32.2. The fourth-order valence-electron chi connectivity index (χ4n) is 2.11. The number of sulfone groups is 1. The third-order valence-electron chi connectivity index (χ3n) is 3.02. The topological polar surface area (TPSA) is 118 Å². The lowest BCUT2D eigenvalue weighted by Gasteiger charge is -2.26. The van der Waals surface area contributed by atoms with Gasteiger partial charge in [0.25, 0.3) is 5.91 Å². The molecule has 1 unspecified atom stereocenters. The standard InChI is InChI=1S/C11H13N3O5S/c15-10(16)5-14(9-1-2-20(18,19)6-9)11(17)8-3-12-7-13-4-8/h3-4,7,9H,1-2,5-6H2,(H,15,16). The molecule has 1 atom stereocenters. The first-order valence-corrected chi connectivity index (χ1v) is 7.69. The van der Waals surface area contributed by atoms with Crippen LogP contribution in [0.4, 0.5) is 0 Å². The third kappa shape index (κ3) is 3.29. The summed E-state index contributed by atoms with van der Waals surface area (Å²) in [6.45, 7) is -0.548. The molecular weight excluding hydrogens is 286 g/mol. The molecule has 108 valence electrons. The Morgan fingerprint density at radius 2 is 2.00 bits per heavy atom. The molecule has 0 aromatic carbocycles. The number of nitrogens with zero attached hydrogens (tertiary/aromatic N) is 3. The number of aliphatic carboxylic acids is 1. The first kappa shape index (κ1) is 14.4. The number of aromatic nitrogens is 2. The zero-order chi connectivity index (χ0) is 14.8. The van der Waals surface area contributed by atoms with Gasteiger partial charge in [-0.2, -0.15) is 0 Å². The first-order chi connectivity index (χ1) is 9.39. The average molecular weight is 299 g/mol. The molecule has 9 heteroatoms. The van der Waals surface area contributed by atoms with Gasteiger partial charge >= 0.3 is 5.97 Å². The molecule has 1 aromatic heterocycles. The molecule has 0 saturated carbocycles. The van der Waals surface area contributed by atoms with E-state index in [4.69, 9.17) is 5.11 Å². The summed E-state index contributed by atoms with van der Waals surface area (Å²) in [5.74, 6) is -2.01. The minimum Gasteiger partial charge on any atom is -0.480 e. The van der Waals surface area contributed by atoms with Gasteiger partial charge in [-0.05, 0) is 6.42 Å². The van der Waals surface area contributed by atoms with Crippen molar-refractivity contribution in [1.82, 2.24) is 14.9 Å². The maximum Gasteiger partial charge on any atom is 0.323 e. The molecule has 1 aliphatic rings. The molecule has 1 N–H and O–H groups in total. The second-order valence-electron chi connectivity index (χ2n) is 4.51. The van der Waals surface area contributed by atoms with E-state index in [1.807, 2.05) is 0 Å². The minimum absolute atomic E-state index is 0.0354. The molecule has 2 rings (SSSR count). The van der Waals surface area contributed by atoms with Crippen molar-refractivity contribution < 1.29 is 23.1 Å². The Hall–Kier alpha value is -2.03. The summed E-state index contributed by atoms with van der Waals surface area (Å²) in [5.41, 5.74) is 0.137. The number of carboxylic acids is 1. The quantitative estimate of drug-likeness (QED) is 0.772. The molecule has 1 aromatic rings. The number of hydrogen-bond acceptors (Lipinski definition) is 6. The van der Waals surface area contributed by atoms with Crippen LogP contribution in [-0.4, -0.2) is 64.4 Å². The van der Waals surface area contributed by atoms with E-state index in [9.17, 15) is 18.0 Å². The summed E-state index contributed by atoms with van der Waals surface area (Å²) in [7, 11) is -3.21. The zero-order valence-electron chi connectivity index (χ0n) is 10.5. The van der Waals surface area contributed by atoms with Crippen molar-refractivity contribution in [2.45, 2.75) is 12.5 Å². The van der Waals surface area contributed by atoms with Crippen LogP contribution in [0, 0.1) is 0 Å². The van der Waals surface area contributed by atoms with Gasteiger partial charge in [-0.25, -0.2) is 18.4 Å². The molecule has 1 fully saturated rings. The molecular formula is C11H13N3O5S. The van der Waals surface area contributed by atoms with E-state index in [1.54, 1.807) is 0 Å². The van der Waals surface area contributed by atoms with E-state index >= 15 is 0 Å². The molecule has 0 bridgehead atoms. The highest BCUT2D eigenvalue weighted by Gasteiger charge is 2.36. The minimum atomic E-state index is -3.21. The van der Waals surface area contributed by atoms with Gasteiger partial charge in [0.05, 0.1) is 17.1 Å². The predicted octanol–water partition coefficient (Wildman–Crippen LogP) is -0.810. The van der Waals surface area contributed by atoms with Crippen molar-refractivity contribution in [3.63, 3.8) is 0 Å². The number of carbonyl (C=O) groups excluding carboxylic acids is 1. The van der Waals surface area contributed by atoms with E-state index in [1.165, 1.54) is 18.7 Å². The molecule has 1 amide bonds. The first-order valence-electron chi connectivity index (χ1n) is 5.87. The number of carbonyl (C=O) groups is 2. The normalized spacial score (nSPS) is 20.5. The smallest absolute Gasteiger partial charge is 0.323 e. The summed E-state index contributed by atoms with van der Waals surface area (Å²) in [5, 5.41) is 8.90. The molecule has 1 aliphatic heterocycles. The molecule has 1 saturated heterocycles. The molecule has 0 radical (unpaired) electrons. The highest BCUT2D eigenvalue weighted by molar-refractivity contribution is 7.91. The molecule has 0 aliphatic carbocycles. The van der Waals surface area contributed by atoms with Gasteiger partial charge < -0.3 is 10.0 Å². The maximum atomic E-state index is 12.3. The molecule has 2 heterocycles. The van der Waals surface area contributed by atoms with E-state index in [-0.39, 0.29) is 23.5 Å². The summed E-state index contributed by atoms with van der Waals surface area (Å²) in [6.07, 6.45) is 4.04. The van der Waals surface area contributed by atoms with Crippen molar-refractivity contribution in [3.05, 3.63) is 24.3 Å². The summed E-state index contributed by atoms with van der Waals surface area (Å²) in [4.78, 5) is 31.6. The Morgan fingerprint density at radius 3 is 2.50 bits per heavy atom.